The number of carbonyl (C=O) groups is 1. The van der Waals surface area contributed by atoms with Crippen molar-refractivity contribution in [3.8, 4) is 0 Å². The second-order valence-electron chi connectivity index (χ2n) is 6.12. The lowest BCUT2D eigenvalue weighted by Gasteiger charge is -2.30. The predicted octanol–water partition coefficient (Wildman–Crippen LogP) is 0.904. The average molecular weight is 304 g/mol. The van der Waals surface area contributed by atoms with Crippen LogP contribution in [0.4, 0.5) is 0 Å². The zero-order valence-electron chi connectivity index (χ0n) is 13.1. The number of carbonyl (C=O) groups excluding carboxylic acids is 1. The first-order chi connectivity index (χ1) is 9.25. The quantitative estimate of drug-likeness (QED) is 0.759. The molecule has 1 fully saturated rings. The van der Waals surface area contributed by atoms with Crippen molar-refractivity contribution < 1.29 is 13.2 Å². The van der Waals surface area contributed by atoms with E-state index < -0.39 is 9.84 Å². The number of nitrogens with zero attached hydrogens (tertiary/aromatic N) is 1. The van der Waals surface area contributed by atoms with E-state index in [9.17, 15) is 13.2 Å². The van der Waals surface area contributed by atoms with Gasteiger partial charge in [0, 0.05) is 12.6 Å². The molecule has 1 amide bonds. The van der Waals surface area contributed by atoms with Crippen LogP contribution in [-0.4, -0.2) is 56.4 Å². The fourth-order valence-electron chi connectivity index (χ4n) is 2.50. The number of hydrogen-bond donors (Lipinski definition) is 1. The van der Waals surface area contributed by atoms with Gasteiger partial charge in [0.15, 0.2) is 9.84 Å². The second-order valence-corrected chi connectivity index (χ2v) is 8.35. The molecule has 1 aliphatic heterocycles. The highest BCUT2D eigenvalue weighted by Gasteiger charge is 2.28. The fraction of sp³-hybridized carbons (Fsp3) is 0.929. The number of rotatable bonds is 7. The van der Waals surface area contributed by atoms with Gasteiger partial charge in [-0.15, -0.1) is 0 Å². The van der Waals surface area contributed by atoms with E-state index >= 15 is 0 Å². The largest absolute Gasteiger partial charge is 0.355 e. The Morgan fingerprint density at radius 1 is 1.35 bits per heavy atom. The molecule has 0 unspecified atom stereocenters. The normalized spacial score (nSPS) is 23.2. The van der Waals surface area contributed by atoms with Gasteiger partial charge in [0.1, 0.15) is 0 Å². The summed E-state index contributed by atoms with van der Waals surface area (Å²) in [6, 6.07) is 0.359. The molecule has 20 heavy (non-hydrogen) atoms. The second kappa shape index (κ2) is 7.41. The van der Waals surface area contributed by atoms with E-state index in [1.807, 2.05) is 0 Å². The van der Waals surface area contributed by atoms with E-state index in [1.165, 1.54) is 0 Å². The van der Waals surface area contributed by atoms with Gasteiger partial charge in [-0.05, 0) is 31.7 Å². The Kier molecular flexibility index (Phi) is 6.45. The van der Waals surface area contributed by atoms with E-state index in [0.717, 1.165) is 6.54 Å². The maximum atomic E-state index is 12.0. The van der Waals surface area contributed by atoms with Crippen LogP contribution in [0, 0.1) is 11.8 Å². The molecule has 2 atom stereocenters. The number of nitrogens with one attached hydrogen (secondary N) is 1. The van der Waals surface area contributed by atoms with Gasteiger partial charge in [-0.1, -0.05) is 20.8 Å². The smallest absolute Gasteiger partial charge is 0.234 e. The molecule has 1 heterocycles. The van der Waals surface area contributed by atoms with Gasteiger partial charge in [0.05, 0.1) is 18.1 Å². The first-order valence-electron chi connectivity index (χ1n) is 7.46. The lowest BCUT2D eigenvalue weighted by Crippen LogP contribution is -2.44. The standard InChI is InChI=1S/C14H28N2O3S/c1-5-16(12(4)11(2)3)9-14(17)15-8-13-6-7-20(18,19)10-13/h11-13H,5-10H2,1-4H3,(H,15,17)/t12-,13+/m0/s1. The molecule has 1 rings (SSSR count). The van der Waals surface area contributed by atoms with Crippen LogP contribution >= 0.6 is 0 Å². The topological polar surface area (TPSA) is 66.5 Å². The minimum Gasteiger partial charge on any atom is -0.355 e. The van der Waals surface area contributed by atoms with Crippen molar-refractivity contribution in [1.29, 1.82) is 0 Å². The maximum absolute atomic E-state index is 12.0. The van der Waals surface area contributed by atoms with Crippen LogP contribution in [0.3, 0.4) is 0 Å². The van der Waals surface area contributed by atoms with Gasteiger partial charge < -0.3 is 5.32 Å². The van der Waals surface area contributed by atoms with Crippen LogP contribution in [0.15, 0.2) is 0 Å². The molecule has 0 aromatic heterocycles. The van der Waals surface area contributed by atoms with Crippen molar-refractivity contribution >= 4 is 15.7 Å². The lowest BCUT2D eigenvalue weighted by molar-refractivity contribution is -0.123. The third-order valence-corrected chi connectivity index (χ3v) is 6.05. The van der Waals surface area contributed by atoms with Crippen LogP contribution < -0.4 is 5.32 Å². The number of amides is 1. The maximum Gasteiger partial charge on any atom is 0.234 e. The summed E-state index contributed by atoms with van der Waals surface area (Å²) in [6.45, 7) is 10.2. The molecule has 6 heteroatoms. The van der Waals surface area contributed by atoms with E-state index in [-0.39, 0.29) is 23.3 Å². The highest BCUT2D eigenvalue weighted by molar-refractivity contribution is 7.91. The summed E-state index contributed by atoms with van der Waals surface area (Å²) in [5.41, 5.74) is 0. The van der Waals surface area contributed by atoms with Gasteiger partial charge in [0.25, 0.3) is 0 Å². The van der Waals surface area contributed by atoms with Crippen molar-refractivity contribution in [3.05, 3.63) is 0 Å². The van der Waals surface area contributed by atoms with Crippen LogP contribution in [0.25, 0.3) is 0 Å². The Balaban J connectivity index is 2.36. The van der Waals surface area contributed by atoms with E-state index in [1.54, 1.807) is 0 Å². The van der Waals surface area contributed by atoms with Gasteiger partial charge >= 0.3 is 0 Å². The molecule has 0 bridgehead atoms. The molecule has 5 nitrogen and oxygen atoms in total. The van der Waals surface area contributed by atoms with E-state index in [0.29, 0.717) is 31.5 Å². The minimum absolute atomic E-state index is 0.0105. The average Bonchev–Trinajstić information content (AvgIpc) is 2.72. The third-order valence-electron chi connectivity index (χ3n) is 4.21. The molecular formula is C14H28N2O3S. The SMILES string of the molecule is CCN(CC(=O)NC[C@H]1CCS(=O)(=O)C1)[C@@H](C)C(C)C. The lowest BCUT2D eigenvalue weighted by atomic mass is 10.0. The summed E-state index contributed by atoms with van der Waals surface area (Å²) >= 11 is 0. The van der Waals surface area contributed by atoms with Gasteiger partial charge in [-0.3, -0.25) is 9.69 Å². The summed E-state index contributed by atoms with van der Waals surface area (Å²) in [7, 11) is -2.86. The van der Waals surface area contributed by atoms with Crippen LogP contribution in [0.5, 0.6) is 0 Å². The Hall–Kier alpha value is -0.620. The van der Waals surface area contributed by atoms with Gasteiger partial charge in [0.2, 0.25) is 5.91 Å². The molecule has 0 saturated carbocycles. The first-order valence-corrected chi connectivity index (χ1v) is 9.28. The molecule has 0 spiro atoms. The molecule has 118 valence electrons. The first kappa shape index (κ1) is 17.4. The number of likely N-dealkylation sites (N-methyl/N-ethyl adjacent to an activating group) is 1. The Bertz CT molecular complexity index is 420. The number of hydrogen-bond acceptors (Lipinski definition) is 4. The molecule has 0 aliphatic carbocycles. The van der Waals surface area contributed by atoms with Crippen molar-refractivity contribution in [2.45, 2.75) is 40.2 Å². The molecule has 0 aromatic carbocycles. The summed E-state index contributed by atoms with van der Waals surface area (Å²) < 4.78 is 22.7. The molecule has 1 N–H and O–H groups in total. The molecule has 0 aromatic rings. The fourth-order valence-corrected chi connectivity index (χ4v) is 4.36. The Labute approximate surface area is 123 Å². The number of sulfone groups is 1. The zero-order chi connectivity index (χ0) is 15.3. The molecule has 1 aliphatic rings. The summed E-state index contributed by atoms with van der Waals surface area (Å²) in [5.74, 6) is 1.06. The zero-order valence-corrected chi connectivity index (χ0v) is 13.9. The van der Waals surface area contributed by atoms with E-state index in [4.69, 9.17) is 0 Å². The van der Waals surface area contributed by atoms with Gasteiger partial charge in [-0.2, -0.15) is 0 Å². The summed E-state index contributed by atoms with van der Waals surface area (Å²) in [4.78, 5) is 14.1. The van der Waals surface area contributed by atoms with Crippen LogP contribution in [0.1, 0.15) is 34.1 Å². The van der Waals surface area contributed by atoms with Crippen molar-refractivity contribution in [3.63, 3.8) is 0 Å². The van der Waals surface area contributed by atoms with Gasteiger partial charge in [-0.25, -0.2) is 8.42 Å². The monoisotopic (exact) mass is 304 g/mol. The third kappa shape index (κ3) is 5.40. The predicted molar refractivity (Wildman–Crippen MR) is 81.3 cm³/mol. The summed E-state index contributed by atoms with van der Waals surface area (Å²) in [5, 5.41) is 2.88. The van der Waals surface area contributed by atoms with Crippen molar-refractivity contribution in [2.75, 3.05) is 31.1 Å². The highest BCUT2D eigenvalue weighted by Crippen LogP contribution is 2.17. The Morgan fingerprint density at radius 3 is 2.45 bits per heavy atom. The summed E-state index contributed by atoms with van der Waals surface area (Å²) in [6.07, 6.45) is 0.669. The highest BCUT2D eigenvalue weighted by atomic mass is 32.2. The van der Waals surface area contributed by atoms with Crippen molar-refractivity contribution in [1.82, 2.24) is 10.2 Å². The molecule has 1 saturated heterocycles. The molecule has 0 radical (unpaired) electrons. The minimum atomic E-state index is -2.86. The Morgan fingerprint density at radius 2 is 2.00 bits per heavy atom. The van der Waals surface area contributed by atoms with Crippen LogP contribution in [-0.2, 0) is 14.6 Å². The van der Waals surface area contributed by atoms with Crippen molar-refractivity contribution in [2.24, 2.45) is 11.8 Å². The van der Waals surface area contributed by atoms with Crippen LogP contribution in [0.2, 0.25) is 0 Å². The van der Waals surface area contributed by atoms with E-state index in [2.05, 4.69) is 37.9 Å². The molecular weight excluding hydrogens is 276 g/mol.